The SMILES string of the molecule is Cc1ccc(C(=O)Nc2ccc(C)c(Br)c2)cc1N. The highest BCUT2D eigenvalue weighted by Crippen LogP contribution is 2.21. The third-order valence-corrected chi connectivity index (χ3v) is 3.83. The first-order valence-corrected chi connectivity index (χ1v) is 6.70. The Morgan fingerprint density at radius 3 is 2.42 bits per heavy atom. The Hall–Kier alpha value is -1.81. The summed E-state index contributed by atoms with van der Waals surface area (Å²) >= 11 is 3.44. The van der Waals surface area contributed by atoms with Crippen LogP contribution in [0.5, 0.6) is 0 Å². The molecule has 0 aliphatic rings. The Morgan fingerprint density at radius 2 is 1.79 bits per heavy atom. The van der Waals surface area contributed by atoms with Crippen molar-refractivity contribution in [1.29, 1.82) is 0 Å². The molecular formula is C15H15BrN2O. The van der Waals surface area contributed by atoms with E-state index < -0.39 is 0 Å². The average Bonchev–Trinajstić information content (AvgIpc) is 2.37. The minimum Gasteiger partial charge on any atom is -0.398 e. The van der Waals surface area contributed by atoms with Crippen LogP contribution in [-0.2, 0) is 0 Å². The normalized spacial score (nSPS) is 10.3. The topological polar surface area (TPSA) is 55.1 Å². The first kappa shape index (κ1) is 13.6. The number of carbonyl (C=O) groups is 1. The highest BCUT2D eigenvalue weighted by Gasteiger charge is 2.08. The van der Waals surface area contributed by atoms with Gasteiger partial charge in [-0.25, -0.2) is 0 Å². The summed E-state index contributed by atoms with van der Waals surface area (Å²) in [5.41, 5.74) is 9.83. The van der Waals surface area contributed by atoms with Gasteiger partial charge in [-0.1, -0.05) is 28.1 Å². The molecule has 0 aromatic heterocycles. The Labute approximate surface area is 121 Å². The van der Waals surface area contributed by atoms with E-state index in [2.05, 4.69) is 21.2 Å². The molecule has 0 aliphatic heterocycles. The number of carbonyl (C=O) groups excluding carboxylic acids is 1. The number of nitrogens with two attached hydrogens (primary N) is 1. The number of nitrogen functional groups attached to an aromatic ring is 1. The van der Waals surface area contributed by atoms with Crippen molar-refractivity contribution < 1.29 is 4.79 Å². The Balaban J connectivity index is 2.20. The largest absolute Gasteiger partial charge is 0.398 e. The van der Waals surface area contributed by atoms with Crippen molar-refractivity contribution in [1.82, 2.24) is 0 Å². The third kappa shape index (κ3) is 3.15. The summed E-state index contributed by atoms with van der Waals surface area (Å²) in [4.78, 5) is 12.1. The fourth-order valence-corrected chi connectivity index (χ4v) is 2.03. The van der Waals surface area contributed by atoms with Crippen molar-refractivity contribution in [3.8, 4) is 0 Å². The van der Waals surface area contributed by atoms with Crippen LogP contribution in [-0.4, -0.2) is 5.91 Å². The molecule has 0 fully saturated rings. The minimum absolute atomic E-state index is 0.164. The molecule has 0 heterocycles. The quantitative estimate of drug-likeness (QED) is 0.825. The number of anilines is 2. The standard InChI is InChI=1S/C15H15BrN2O/c1-9-4-6-12(8-13(9)16)18-15(19)11-5-3-10(2)14(17)7-11/h3-8H,17H2,1-2H3,(H,18,19). The van der Waals surface area contributed by atoms with E-state index in [-0.39, 0.29) is 5.91 Å². The van der Waals surface area contributed by atoms with Crippen molar-refractivity contribution in [3.05, 3.63) is 57.6 Å². The van der Waals surface area contributed by atoms with Crippen molar-refractivity contribution in [3.63, 3.8) is 0 Å². The molecule has 2 aromatic carbocycles. The number of benzene rings is 2. The molecule has 1 amide bonds. The van der Waals surface area contributed by atoms with Gasteiger partial charge in [0.15, 0.2) is 0 Å². The Morgan fingerprint density at radius 1 is 1.11 bits per heavy atom. The molecular weight excluding hydrogens is 304 g/mol. The van der Waals surface area contributed by atoms with Crippen LogP contribution in [0.2, 0.25) is 0 Å². The van der Waals surface area contributed by atoms with Crippen LogP contribution in [0.4, 0.5) is 11.4 Å². The van der Waals surface area contributed by atoms with E-state index in [0.717, 1.165) is 21.3 Å². The molecule has 0 unspecified atom stereocenters. The van der Waals surface area contributed by atoms with Crippen LogP contribution in [0.25, 0.3) is 0 Å². The lowest BCUT2D eigenvalue weighted by Crippen LogP contribution is -2.12. The van der Waals surface area contributed by atoms with Gasteiger partial charge >= 0.3 is 0 Å². The van der Waals surface area contributed by atoms with E-state index in [4.69, 9.17) is 5.73 Å². The smallest absolute Gasteiger partial charge is 0.255 e. The van der Waals surface area contributed by atoms with Crippen LogP contribution >= 0.6 is 15.9 Å². The molecule has 3 nitrogen and oxygen atoms in total. The van der Waals surface area contributed by atoms with Gasteiger partial charge in [0.2, 0.25) is 0 Å². The van der Waals surface area contributed by atoms with E-state index in [1.165, 1.54) is 0 Å². The van der Waals surface area contributed by atoms with Gasteiger partial charge < -0.3 is 11.1 Å². The molecule has 4 heteroatoms. The molecule has 0 spiro atoms. The fraction of sp³-hybridized carbons (Fsp3) is 0.133. The van der Waals surface area contributed by atoms with E-state index >= 15 is 0 Å². The zero-order valence-corrected chi connectivity index (χ0v) is 12.4. The second-order valence-electron chi connectivity index (χ2n) is 4.49. The third-order valence-electron chi connectivity index (χ3n) is 2.97. The highest BCUT2D eigenvalue weighted by atomic mass is 79.9. The maximum Gasteiger partial charge on any atom is 0.255 e. The second-order valence-corrected chi connectivity index (χ2v) is 5.34. The number of hydrogen-bond acceptors (Lipinski definition) is 2. The van der Waals surface area contributed by atoms with Gasteiger partial charge in [0.05, 0.1) is 0 Å². The lowest BCUT2D eigenvalue weighted by Gasteiger charge is -2.08. The predicted octanol–water partition coefficient (Wildman–Crippen LogP) is 3.90. The van der Waals surface area contributed by atoms with Crippen LogP contribution < -0.4 is 11.1 Å². The molecule has 3 N–H and O–H groups in total. The molecule has 98 valence electrons. The predicted molar refractivity (Wildman–Crippen MR) is 82.4 cm³/mol. The second kappa shape index (κ2) is 5.45. The number of amides is 1. The molecule has 2 aromatic rings. The number of rotatable bonds is 2. The molecule has 0 saturated carbocycles. The van der Waals surface area contributed by atoms with Crippen LogP contribution in [0.1, 0.15) is 21.5 Å². The molecule has 0 bridgehead atoms. The van der Waals surface area contributed by atoms with Gasteiger partial charge in [0.1, 0.15) is 0 Å². The maximum absolute atomic E-state index is 12.1. The van der Waals surface area contributed by atoms with Gasteiger partial charge in [-0.2, -0.15) is 0 Å². The van der Waals surface area contributed by atoms with Crippen LogP contribution in [0.3, 0.4) is 0 Å². The Kier molecular flexibility index (Phi) is 3.90. The summed E-state index contributed by atoms with van der Waals surface area (Å²) in [6.45, 7) is 3.91. The number of nitrogens with one attached hydrogen (secondary N) is 1. The highest BCUT2D eigenvalue weighted by molar-refractivity contribution is 9.10. The molecule has 0 atom stereocenters. The van der Waals surface area contributed by atoms with E-state index in [1.807, 2.05) is 38.1 Å². The lowest BCUT2D eigenvalue weighted by molar-refractivity contribution is 0.102. The number of aryl methyl sites for hydroxylation is 2. The lowest BCUT2D eigenvalue weighted by atomic mass is 10.1. The van der Waals surface area contributed by atoms with E-state index in [1.54, 1.807) is 12.1 Å². The first-order valence-electron chi connectivity index (χ1n) is 5.91. The zero-order chi connectivity index (χ0) is 14.0. The van der Waals surface area contributed by atoms with Gasteiger partial charge in [0.25, 0.3) is 5.91 Å². The van der Waals surface area contributed by atoms with Crippen molar-refractivity contribution in [2.24, 2.45) is 0 Å². The van der Waals surface area contributed by atoms with Gasteiger partial charge in [-0.15, -0.1) is 0 Å². The number of halogens is 1. The molecule has 19 heavy (non-hydrogen) atoms. The fourth-order valence-electron chi connectivity index (χ4n) is 1.66. The monoisotopic (exact) mass is 318 g/mol. The molecule has 0 radical (unpaired) electrons. The molecule has 0 aliphatic carbocycles. The molecule has 0 saturated heterocycles. The Bertz CT molecular complexity index is 638. The molecule has 2 rings (SSSR count). The van der Waals surface area contributed by atoms with E-state index in [0.29, 0.717) is 11.3 Å². The van der Waals surface area contributed by atoms with Crippen molar-refractivity contribution >= 4 is 33.2 Å². The summed E-state index contributed by atoms with van der Waals surface area (Å²) in [6.07, 6.45) is 0. The summed E-state index contributed by atoms with van der Waals surface area (Å²) in [7, 11) is 0. The van der Waals surface area contributed by atoms with Gasteiger partial charge in [0, 0.05) is 21.4 Å². The van der Waals surface area contributed by atoms with Crippen LogP contribution in [0.15, 0.2) is 40.9 Å². The summed E-state index contributed by atoms with van der Waals surface area (Å²) < 4.78 is 0.966. The zero-order valence-electron chi connectivity index (χ0n) is 10.8. The first-order chi connectivity index (χ1) is 8.97. The van der Waals surface area contributed by atoms with Gasteiger partial charge in [-0.05, 0) is 49.2 Å². The summed E-state index contributed by atoms with van der Waals surface area (Å²) in [5.74, 6) is -0.164. The summed E-state index contributed by atoms with van der Waals surface area (Å²) in [6, 6.07) is 11.0. The van der Waals surface area contributed by atoms with Crippen molar-refractivity contribution in [2.45, 2.75) is 13.8 Å². The summed E-state index contributed by atoms with van der Waals surface area (Å²) in [5, 5.41) is 2.85. The minimum atomic E-state index is -0.164. The van der Waals surface area contributed by atoms with Crippen molar-refractivity contribution in [2.75, 3.05) is 11.1 Å². The van der Waals surface area contributed by atoms with Gasteiger partial charge in [-0.3, -0.25) is 4.79 Å². The average molecular weight is 319 g/mol. The van der Waals surface area contributed by atoms with Crippen LogP contribution in [0, 0.1) is 13.8 Å². The maximum atomic E-state index is 12.1. The number of hydrogen-bond donors (Lipinski definition) is 2. The van der Waals surface area contributed by atoms with E-state index in [9.17, 15) is 4.79 Å².